The molecule has 4 heteroatoms. The lowest BCUT2D eigenvalue weighted by atomic mass is 9.97. The van der Waals surface area contributed by atoms with E-state index in [4.69, 9.17) is 11.0 Å². The molecule has 1 unspecified atom stereocenters. The first-order chi connectivity index (χ1) is 8.17. The zero-order chi connectivity index (χ0) is 12.4. The molecule has 0 fully saturated rings. The summed E-state index contributed by atoms with van der Waals surface area (Å²) in [6, 6.07) is 7.52. The van der Waals surface area contributed by atoms with Crippen molar-refractivity contribution in [1.82, 2.24) is 0 Å². The summed E-state index contributed by atoms with van der Waals surface area (Å²) in [5.74, 6) is 0.0204. The van der Waals surface area contributed by atoms with Crippen LogP contribution in [-0.4, -0.2) is 11.9 Å². The van der Waals surface area contributed by atoms with Crippen LogP contribution in [0.5, 0.6) is 0 Å². The van der Waals surface area contributed by atoms with E-state index in [2.05, 4.69) is 6.07 Å². The van der Waals surface area contributed by atoms with Crippen molar-refractivity contribution >= 4 is 11.6 Å². The van der Waals surface area contributed by atoms with Gasteiger partial charge in [-0.25, -0.2) is 0 Å². The number of carbonyl (C=O) groups excluding carboxylic acids is 1. The summed E-state index contributed by atoms with van der Waals surface area (Å²) in [4.78, 5) is 13.4. The fourth-order valence-electron chi connectivity index (χ4n) is 2.18. The molecule has 88 valence electrons. The molecule has 1 heterocycles. The van der Waals surface area contributed by atoms with Gasteiger partial charge in [0.25, 0.3) is 0 Å². The Labute approximate surface area is 101 Å². The number of aryl methyl sites for hydroxylation is 1. The van der Waals surface area contributed by atoms with Crippen molar-refractivity contribution in [2.75, 3.05) is 4.90 Å². The van der Waals surface area contributed by atoms with E-state index in [1.54, 1.807) is 11.8 Å². The predicted octanol–water partition coefficient (Wildman–Crippen LogP) is 1.34. The first-order valence-corrected chi connectivity index (χ1v) is 5.71. The molecule has 0 radical (unpaired) electrons. The fourth-order valence-corrected chi connectivity index (χ4v) is 2.18. The number of carbonyl (C=O) groups is 1. The Bertz CT molecular complexity index is 490. The van der Waals surface area contributed by atoms with Crippen LogP contribution in [0.2, 0.25) is 0 Å². The highest BCUT2D eigenvalue weighted by atomic mass is 16.2. The summed E-state index contributed by atoms with van der Waals surface area (Å²) in [6.45, 7) is 2.23. The van der Waals surface area contributed by atoms with Gasteiger partial charge < -0.3 is 5.73 Å². The minimum atomic E-state index is -0.426. The second-order valence-electron chi connectivity index (χ2n) is 4.24. The van der Waals surface area contributed by atoms with E-state index in [9.17, 15) is 4.79 Å². The van der Waals surface area contributed by atoms with E-state index in [1.807, 2.05) is 18.2 Å². The Morgan fingerprint density at radius 3 is 2.94 bits per heavy atom. The van der Waals surface area contributed by atoms with E-state index < -0.39 is 6.04 Å². The van der Waals surface area contributed by atoms with Gasteiger partial charge in [-0.1, -0.05) is 12.1 Å². The number of nitriles is 1. The standard InChI is InChI=1S/C13H15N3O/c1-9(7-14)16-12-4-2-10(8-15)6-11(12)3-5-13(16)17/h2,4,6,9H,3,5,8,15H2,1H3. The van der Waals surface area contributed by atoms with Crippen molar-refractivity contribution < 1.29 is 4.79 Å². The molecule has 4 nitrogen and oxygen atoms in total. The predicted molar refractivity (Wildman–Crippen MR) is 65.2 cm³/mol. The quantitative estimate of drug-likeness (QED) is 0.831. The lowest BCUT2D eigenvalue weighted by Gasteiger charge is -2.31. The van der Waals surface area contributed by atoms with Gasteiger partial charge in [0.1, 0.15) is 6.04 Å². The van der Waals surface area contributed by atoms with Gasteiger partial charge >= 0.3 is 0 Å². The van der Waals surface area contributed by atoms with Gasteiger partial charge in [-0.05, 0) is 30.5 Å². The van der Waals surface area contributed by atoms with Gasteiger partial charge in [-0.2, -0.15) is 5.26 Å². The van der Waals surface area contributed by atoms with E-state index in [-0.39, 0.29) is 5.91 Å². The number of hydrogen-bond donors (Lipinski definition) is 1. The van der Waals surface area contributed by atoms with Crippen molar-refractivity contribution in [3.63, 3.8) is 0 Å². The van der Waals surface area contributed by atoms with Crippen molar-refractivity contribution in [3.8, 4) is 6.07 Å². The summed E-state index contributed by atoms with van der Waals surface area (Å²) in [5.41, 5.74) is 8.62. The van der Waals surface area contributed by atoms with E-state index >= 15 is 0 Å². The maximum Gasteiger partial charge on any atom is 0.228 e. The molecule has 1 amide bonds. The Balaban J connectivity index is 2.46. The highest BCUT2D eigenvalue weighted by Crippen LogP contribution is 2.30. The second-order valence-corrected chi connectivity index (χ2v) is 4.24. The monoisotopic (exact) mass is 229 g/mol. The van der Waals surface area contributed by atoms with Crippen LogP contribution in [0, 0.1) is 11.3 Å². The van der Waals surface area contributed by atoms with E-state index in [0.717, 1.165) is 23.2 Å². The minimum absolute atomic E-state index is 0.0204. The van der Waals surface area contributed by atoms with Gasteiger partial charge in [0.15, 0.2) is 0 Å². The molecule has 0 spiro atoms. The molecule has 1 aromatic carbocycles. The van der Waals surface area contributed by atoms with Crippen LogP contribution < -0.4 is 10.6 Å². The fraction of sp³-hybridized carbons (Fsp3) is 0.385. The van der Waals surface area contributed by atoms with E-state index in [1.165, 1.54) is 0 Å². The molecular weight excluding hydrogens is 214 g/mol. The number of nitrogens with two attached hydrogens (primary N) is 1. The SMILES string of the molecule is CC(C#N)N1C(=O)CCc2cc(CN)ccc21. The zero-order valence-corrected chi connectivity index (χ0v) is 9.81. The summed E-state index contributed by atoms with van der Waals surface area (Å²) >= 11 is 0. The minimum Gasteiger partial charge on any atom is -0.326 e. The third-order valence-corrected chi connectivity index (χ3v) is 3.09. The Kier molecular flexibility index (Phi) is 3.12. The zero-order valence-electron chi connectivity index (χ0n) is 9.81. The third kappa shape index (κ3) is 2.02. The molecule has 17 heavy (non-hydrogen) atoms. The second kappa shape index (κ2) is 4.56. The first kappa shape index (κ1) is 11.6. The third-order valence-electron chi connectivity index (χ3n) is 3.09. The maximum atomic E-state index is 11.9. The first-order valence-electron chi connectivity index (χ1n) is 5.71. The molecule has 0 bridgehead atoms. The summed E-state index contributed by atoms with van der Waals surface area (Å²) < 4.78 is 0. The molecule has 1 atom stereocenters. The molecule has 0 aliphatic carbocycles. The number of benzene rings is 1. The largest absolute Gasteiger partial charge is 0.326 e. The average molecular weight is 229 g/mol. The maximum absolute atomic E-state index is 11.9. The van der Waals surface area contributed by atoms with Crippen LogP contribution in [0.3, 0.4) is 0 Å². The topological polar surface area (TPSA) is 70.1 Å². The number of hydrogen-bond acceptors (Lipinski definition) is 3. The Morgan fingerprint density at radius 2 is 2.29 bits per heavy atom. The van der Waals surface area contributed by atoms with Gasteiger partial charge in [-0.3, -0.25) is 9.69 Å². The number of amides is 1. The van der Waals surface area contributed by atoms with Crippen molar-refractivity contribution in [3.05, 3.63) is 29.3 Å². The van der Waals surface area contributed by atoms with Crippen molar-refractivity contribution in [2.45, 2.75) is 32.4 Å². The molecule has 1 aliphatic heterocycles. The Hall–Kier alpha value is -1.86. The van der Waals surface area contributed by atoms with Gasteiger partial charge in [-0.15, -0.1) is 0 Å². The van der Waals surface area contributed by atoms with Gasteiger partial charge in [0, 0.05) is 18.7 Å². The summed E-state index contributed by atoms with van der Waals surface area (Å²) in [5, 5.41) is 8.97. The molecule has 0 saturated heterocycles. The highest BCUT2D eigenvalue weighted by molar-refractivity contribution is 5.97. The molecule has 0 saturated carbocycles. The number of anilines is 1. The smallest absolute Gasteiger partial charge is 0.228 e. The summed E-state index contributed by atoms with van der Waals surface area (Å²) in [6.07, 6.45) is 1.20. The van der Waals surface area contributed by atoms with Crippen LogP contribution in [0.25, 0.3) is 0 Å². The van der Waals surface area contributed by atoms with E-state index in [0.29, 0.717) is 13.0 Å². The molecule has 0 aromatic heterocycles. The van der Waals surface area contributed by atoms with Crippen molar-refractivity contribution in [1.29, 1.82) is 5.26 Å². The van der Waals surface area contributed by atoms with Crippen LogP contribution in [0.4, 0.5) is 5.69 Å². The molecule has 1 aromatic rings. The van der Waals surface area contributed by atoms with Crippen LogP contribution in [0.1, 0.15) is 24.5 Å². The number of fused-ring (bicyclic) bond motifs is 1. The van der Waals surface area contributed by atoms with Crippen LogP contribution >= 0.6 is 0 Å². The van der Waals surface area contributed by atoms with Gasteiger partial charge in [0.2, 0.25) is 5.91 Å². The average Bonchev–Trinajstić information content (AvgIpc) is 2.37. The van der Waals surface area contributed by atoms with Crippen LogP contribution in [0.15, 0.2) is 18.2 Å². The van der Waals surface area contributed by atoms with Crippen LogP contribution in [-0.2, 0) is 17.8 Å². The Morgan fingerprint density at radius 1 is 1.53 bits per heavy atom. The normalized spacial score (nSPS) is 16.3. The molecule has 1 aliphatic rings. The highest BCUT2D eigenvalue weighted by Gasteiger charge is 2.27. The summed E-state index contributed by atoms with van der Waals surface area (Å²) in [7, 11) is 0. The molecular formula is C13H15N3O. The van der Waals surface area contributed by atoms with Crippen molar-refractivity contribution in [2.24, 2.45) is 5.73 Å². The number of rotatable bonds is 2. The number of nitrogens with zero attached hydrogens (tertiary/aromatic N) is 2. The van der Waals surface area contributed by atoms with Gasteiger partial charge in [0.05, 0.1) is 6.07 Å². The molecule has 2 N–H and O–H groups in total. The molecule has 2 rings (SSSR count). The lowest BCUT2D eigenvalue weighted by Crippen LogP contribution is -2.41. The lowest BCUT2D eigenvalue weighted by molar-refractivity contribution is -0.119.